The van der Waals surface area contributed by atoms with Gasteiger partial charge in [-0.05, 0) is 0 Å². The molecule has 0 amide bonds. The largest absolute Gasteiger partial charge is 0.400 e. The molecule has 0 saturated heterocycles. The van der Waals surface area contributed by atoms with Crippen molar-refractivity contribution in [3.8, 4) is 0 Å². The quantitative estimate of drug-likeness (QED) is 0.717. The van der Waals surface area contributed by atoms with Crippen molar-refractivity contribution in [2.75, 3.05) is 7.11 Å². The first-order valence-electron chi connectivity index (χ1n) is 4.45. The van der Waals surface area contributed by atoms with Gasteiger partial charge in [-0.3, -0.25) is 0 Å². The first-order valence-corrected chi connectivity index (χ1v) is 5.68. The van der Waals surface area contributed by atoms with Gasteiger partial charge < -0.3 is 5.11 Å². The summed E-state index contributed by atoms with van der Waals surface area (Å²) in [5, 5.41) is 7.00. The molecule has 81 valence electrons. The summed E-state index contributed by atoms with van der Waals surface area (Å²) in [5.41, 5.74) is 4.96. The van der Waals surface area contributed by atoms with Gasteiger partial charge in [-0.1, -0.05) is 7.43 Å². The Hall–Kier alpha value is 0.323. The van der Waals surface area contributed by atoms with E-state index in [4.69, 9.17) is 5.11 Å². The van der Waals surface area contributed by atoms with Crippen LogP contribution in [-0.2, 0) is 24.7 Å². The molecule has 1 aliphatic carbocycles. The molecule has 0 heterocycles. The van der Waals surface area contributed by atoms with Gasteiger partial charge in [0.15, 0.2) is 0 Å². The van der Waals surface area contributed by atoms with Gasteiger partial charge in [-0.15, -0.1) is 0 Å². The Labute approximate surface area is 104 Å². The summed E-state index contributed by atoms with van der Waals surface area (Å²) < 4.78 is 1.62. The zero-order chi connectivity index (χ0) is 10.8. The van der Waals surface area contributed by atoms with E-state index in [0.29, 0.717) is 5.41 Å². The second kappa shape index (κ2) is 6.03. The monoisotopic (exact) mass is 273 g/mol. The van der Waals surface area contributed by atoms with Gasteiger partial charge in [0.1, 0.15) is 0 Å². The number of aliphatic hydroxyl groups excluding tert-OH is 1. The number of rotatable bonds is 0. The van der Waals surface area contributed by atoms with Crippen LogP contribution in [-0.4, -0.2) is 12.2 Å². The van der Waals surface area contributed by atoms with Crippen LogP contribution in [0.1, 0.15) is 42.0 Å². The van der Waals surface area contributed by atoms with Crippen LogP contribution in [0.4, 0.5) is 0 Å². The number of aliphatic hydroxyl groups is 1. The molecule has 1 N–H and O–H groups in total. The van der Waals surface area contributed by atoms with E-state index in [0.717, 1.165) is 7.11 Å². The summed E-state index contributed by atoms with van der Waals surface area (Å²) in [6.07, 6.45) is 0. The molecule has 1 rings (SSSR count). The van der Waals surface area contributed by atoms with E-state index in [9.17, 15) is 0 Å². The average molecular weight is 275 g/mol. The van der Waals surface area contributed by atoms with E-state index < -0.39 is 0 Å². The number of hydrogen-bond donors (Lipinski definition) is 1. The molecule has 0 aromatic carbocycles. The topological polar surface area (TPSA) is 20.2 Å². The molecule has 0 saturated carbocycles. The van der Waals surface area contributed by atoms with Gasteiger partial charge in [0.25, 0.3) is 0 Å². The van der Waals surface area contributed by atoms with E-state index in [1.807, 2.05) is 0 Å². The fraction of sp³-hybridized carbons (Fsp3) is 0.667. The molecule has 1 nitrogen and oxygen atoms in total. The molecular weight excluding hydrogens is 251 g/mol. The molecule has 0 unspecified atom stereocenters. The molecular formula is C12H23OZr. The van der Waals surface area contributed by atoms with Crippen molar-refractivity contribution in [3.05, 3.63) is 20.0 Å². The van der Waals surface area contributed by atoms with Crippen LogP contribution in [0.2, 0.25) is 0 Å². The van der Waals surface area contributed by atoms with Gasteiger partial charge >= 0.3 is 84.8 Å². The van der Waals surface area contributed by atoms with Crippen molar-refractivity contribution < 1.29 is 29.8 Å². The Morgan fingerprint density at radius 1 is 1.00 bits per heavy atom. The van der Waals surface area contributed by atoms with Crippen LogP contribution >= 0.6 is 0 Å². The van der Waals surface area contributed by atoms with E-state index in [1.54, 1.807) is 33.6 Å². The molecule has 0 spiro atoms. The van der Waals surface area contributed by atoms with Crippen LogP contribution in [0.5, 0.6) is 0 Å². The van der Waals surface area contributed by atoms with Crippen LogP contribution in [0.25, 0.3) is 0 Å². The van der Waals surface area contributed by atoms with Gasteiger partial charge in [0.2, 0.25) is 0 Å². The maximum absolute atomic E-state index is 7.00. The predicted molar refractivity (Wildman–Crippen MR) is 59.7 cm³/mol. The van der Waals surface area contributed by atoms with Crippen LogP contribution in [0.15, 0.2) is 20.0 Å². The summed E-state index contributed by atoms with van der Waals surface area (Å²) in [4.78, 5) is 0. The third kappa shape index (κ3) is 2.67. The van der Waals surface area contributed by atoms with Gasteiger partial charge in [0.05, 0.1) is 0 Å². The number of allylic oxidation sites excluding steroid dienone is 4. The minimum atomic E-state index is 0. The van der Waals surface area contributed by atoms with E-state index in [1.165, 1.54) is 11.1 Å². The summed E-state index contributed by atoms with van der Waals surface area (Å²) >= 11 is 1.57. The van der Waals surface area contributed by atoms with Crippen molar-refractivity contribution in [1.29, 1.82) is 0 Å². The minimum Gasteiger partial charge on any atom is -0.400 e. The van der Waals surface area contributed by atoms with Gasteiger partial charge in [0, 0.05) is 7.11 Å². The van der Waals surface area contributed by atoms with E-state index >= 15 is 0 Å². The fourth-order valence-electron chi connectivity index (χ4n) is 1.59. The molecule has 14 heavy (non-hydrogen) atoms. The molecule has 0 bridgehead atoms. The van der Waals surface area contributed by atoms with Gasteiger partial charge in [-0.2, -0.15) is 0 Å². The summed E-state index contributed by atoms with van der Waals surface area (Å²) in [6.45, 7) is 11.4. The molecule has 0 aliphatic heterocycles. The second-order valence-electron chi connectivity index (χ2n) is 3.88. The maximum Gasteiger partial charge on any atom is 0.0319 e. The summed E-state index contributed by atoms with van der Waals surface area (Å²) in [5.74, 6) is 0. The first kappa shape index (κ1) is 16.7. The zero-order valence-corrected chi connectivity index (χ0v) is 11.9. The molecule has 0 atom stereocenters. The minimum absolute atomic E-state index is 0. The van der Waals surface area contributed by atoms with Crippen molar-refractivity contribution in [3.63, 3.8) is 0 Å². The summed E-state index contributed by atoms with van der Waals surface area (Å²) in [6, 6.07) is 0. The average Bonchev–Trinajstić information content (AvgIpc) is 2.25. The van der Waals surface area contributed by atoms with Crippen LogP contribution in [0.3, 0.4) is 0 Å². The van der Waals surface area contributed by atoms with Crippen molar-refractivity contribution in [1.82, 2.24) is 0 Å². The first-order chi connectivity index (χ1) is 5.89. The SMILES string of the molecule is C.CC1=C(C)C(C)(C)[C]([Zr])=C1C.CO. The third-order valence-corrected chi connectivity index (χ3v) is 5.52. The fourth-order valence-corrected chi connectivity index (χ4v) is 2.52. The molecule has 0 aromatic rings. The second-order valence-corrected chi connectivity index (χ2v) is 5.10. The number of hydrogen-bond acceptors (Lipinski definition) is 1. The van der Waals surface area contributed by atoms with E-state index in [-0.39, 0.29) is 7.43 Å². The van der Waals surface area contributed by atoms with Crippen molar-refractivity contribution in [2.45, 2.75) is 42.0 Å². The predicted octanol–water partition coefficient (Wildman–Crippen LogP) is 3.43. The Balaban J connectivity index is 0. The third-order valence-electron chi connectivity index (χ3n) is 3.06. The molecule has 0 aromatic heterocycles. The standard InChI is InChI=1S/C10H15.CH4O.CH4.Zr/c1-7-6-10(4,5)9(3)8(7)2;1-2;;/h1-5H3;2H,1H3;1H4;. The van der Waals surface area contributed by atoms with Crippen LogP contribution in [0, 0.1) is 5.41 Å². The Morgan fingerprint density at radius 3 is 1.43 bits per heavy atom. The molecule has 0 radical (unpaired) electrons. The molecule has 0 fully saturated rings. The zero-order valence-electron chi connectivity index (χ0n) is 9.45. The summed E-state index contributed by atoms with van der Waals surface area (Å²) in [7, 11) is 1.00. The molecule has 1 aliphatic rings. The smallest absolute Gasteiger partial charge is 0.0319 e. The van der Waals surface area contributed by atoms with Gasteiger partial charge in [-0.25, -0.2) is 0 Å². The Bertz CT molecular complexity index is 233. The van der Waals surface area contributed by atoms with Crippen molar-refractivity contribution >= 4 is 0 Å². The van der Waals surface area contributed by atoms with Crippen molar-refractivity contribution in [2.24, 2.45) is 5.41 Å². The normalized spacial score (nSPS) is 18.7. The van der Waals surface area contributed by atoms with E-state index in [2.05, 4.69) is 34.6 Å². The molecule has 2 heteroatoms. The van der Waals surface area contributed by atoms with Crippen LogP contribution < -0.4 is 0 Å². The Kier molecular flexibility index (Phi) is 7.21. The Morgan fingerprint density at radius 2 is 1.36 bits per heavy atom. The maximum atomic E-state index is 7.00.